The highest BCUT2D eigenvalue weighted by Gasteiger charge is 2.11. The van der Waals surface area contributed by atoms with Crippen molar-refractivity contribution in [3.8, 4) is 5.75 Å². The van der Waals surface area contributed by atoms with Crippen LogP contribution in [0.4, 0.5) is 11.4 Å². The predicted molar refractivity (Wildman–Crippen MR) is 89.5 cm³/mol. The molecule has 0 fully saturated rings. The quantitative estimate of drug-likeness (QED) is 0.606. The van der Waals surface area contributed by atoms with E-state index < -0.39 is 0 Å². The minimum Gasteiger partial charge on any atom is -0.495 e. The highest BCUT2D eigenvalue weighted by molar-refractivity contribution is 14.1. The maximum absolute atomic E-state index is 12.2. The lowest BCUT2D eigenvalue weighted by Crippen LogP contribution is -2.13. The van der Waals surface area contributed by atoms with E-state index in [1.807, 2.05) is 0 Å². The summed E-state index contributed by atoms with van der Waals surface area (Å²) in [5.74, 6) is 0.243. The Bertz CT molecular complexity index is 662. The molecular weight excluding hydrogens is 391 g/mol. The average molecular weight is 403 g/mol. The predicted octanol–water partition coefficient (Wildman–Crippen LogP) is 3.79. The summed E-state index contributed by atoms with van der Waals surface area (Å²) in [6.45, 7) is 0. The second-order valence-electron chi connectivity index (χ2n) is 4.04. The Morgan fingerprint density at radius 2 is 2.05 bits per heavy atom. The number of anilines is 2. The fourth-order valence-electron chi connectivity index (χ4n) is 1.64. The Labute approximate surface area is 135 Å². The second-order valence-corrected chi connectivity index (χ2v) is 5.63. The summed E-state index contributed by atoms with van der Waals surface area (Å²) in [7, 11) is 1.51. The maximum Gasteiger partial charge on any atom is 0.255 e. The minimum atomic E-state index is -0.233. The number of ether oxygens (including phenoxy) is 1. The van der Waals surface area contributed by atoms with Gasteiger partial charge in [0.1, 0.15) is 5.75 Å². The number of halogens is 2. The highest BCUT2D eigenvalue weighted by atomic mass is 127. The van der Waals surface area contributed by atoms with Crippen LogP contribution in [0, 0.1) is 3.57 Å². The van der Waals surface area contributed by atoms with Gasteiger partial charge in [0.15, 0.2) is 0 Å². The zero-order valence-electron chi connectivity index (χ0n) is 10.6. The molecule has 0 aliphatic heterocycles. The fourth-order valence-corrected chi connectivity index (χ4v) is 2.64. The molecule has 0 unspecified atom stereocenters. The number of benzene rings is 2. The van der Waals surface area contributed by atoms with E-state index in [4.69, 9.17) is 22.1 Å². The van der Waals surface area contributed by atoms with Crippen molar-refractivity contribution in [3.63, 3.8) is 0 Å². The van der Waals surface area contributed by atoms with Gasteiger partial charge in [-0.3, -0.25) is 4.79 Å². The molecule has 0 aromatic heterocycles. The van der Waals surface area contributed by atoms with Gasteiger partial charge < -0.3 is 15.8 Å². The number of nitrogens with one attached hydrogen (secondary N) is 1. The molecule has 0 aliphatic rings. The highest BCUT2D eigenvalue weighted by Crippen LogP contribution is 2.25. The first-order valence-corrected chi connectivity index (χ1v) is 7.17. The van der Waals surface area contributed by atoms with Gasteiger partial charge in [0.25, 0.3) is 5.91 Å². The molecular formula is C14H12ClIN2O2. The molecule has 0 heterocycles. The molecule has 0 radical (unpaired) electrons. The monoisotopic (exact) mass is 402 g/mol. The van der Waals surface area contributed by atoms with Crippen LogP contribution in [0.5, 0.6) is 5.75 Å². The third-order valence-corrected chi connectivity index (χ3v) is 3.80. The number of methoxy groups -OCH3 is 1. The summed E-state index contributed by atoms with van der Waals surface area (Å²) in [6, 6.07) is 10.2. The fraction of sp³-hybridized carbons (Fsp3) is 0.0714. The van der Waals surface area contributed by atoms with Gasteiger partial charge in [0.2, 0.25) is 0 Å². The molecule has 104 valence electrons. The molecule has 0 atom stereocenters. The molecule has 0 saturated carbocycles. The number of amides is 1. The lowest BCUT2D eigenvalue weighted by Gasteiger charge is -2.10. The van der Waals surface area contributed by atoms with E-state index in [9.17, 15) is 4.79 Å². The van der Waals surface area contributed by atoms with Crippen LogP contribution < -0.4 is 15.8 Å². The molecule has 0 bridgehead atoms. The van der Waals surface area contributed by atoms with Gasteiger partial charge in [-0.25, -0.2) is 0 Å². The van der Waals surface area contributed by atoms with Crippen LogP contribution in [-0.4, -0.2) is 13.0 Å². The van der Waals surface area contributed by atoms with E-state index in [0.29, 0.717) is 27.7 Å². The minimum absolute atomic E-state index is 0.233. The molecule has 3 N–H and O–H groups in total. The van der Waals surface area contributed by atoms with E-state index in [1.54, 1.807) is 36.4 Å². The first kappa shape index (κ1) is 14.9. The Morgan fingerprint density at radius 3 is 2.70 bits per heavy atom. The number of hydrogen-bond acceptors (Lipinski definition) is 3. The Morgan fingerprint density at radius 1 is 1.30 bits per heavy atom. The van der Waals surface area contributed by atoms with Gasteiger partial charge in [-0.15, -0.1) is 0 Å². The van der Waals surface area contributed by atoms with Crippen molar-refractivity contribution >= 4 is 51.5 Å². The van der Waals surface area contributed by atoms with Crippen LogP contribution >= 0.6 is 34.2 Å². The van der Waals surface area contributed by atoms with Crippen LogP contribution in [-0.2, 0) is 0 Å². The number of nitrogen functional groups attached to an aromatic ring is 1. The number of carbonyl (C=O) groups is 1. The second kappa shape index (κ2) is 6.32. The van der Waals surface area contributed by atoms with Crippen molar-refractivity contribution in [2.75, 3.05) is 18.2 Å². The molecule has 1 amide bonds. The third-order valence-electron chi connectivity index (χ3n) is 2.67. The first-order valence-electron chi connectivity index (χ1n) is 5.71. The van der Waals surface area contributed by atoms with Gasteiger partial charge in [0.05, 0.1) is 18.5 Å². The average Bonchev–Trinajstić information content (AvgIpc) is 2.42. The Kier molecular flexibility index (Phi) is 4.72. The largest absolute Gasteiger partial charge is 0.495 e. The summed E-state index contributed by atoms with van der Waals surface area (Å²) in [5.41, 5.74) is 7.39. The van der Waals surface area contributed by atoms with Crippen LogP contribution in [0.3, 0.4) is 0 Å². The summed E-state index contributed by atoms with van der Waals surface area (Å²) >= 11 is 7.99. The SMILES string of the molecule is COc1cc(C(=O)Nc2ccc(Cl)cc2I)ccc1N. The van der Waals surface area contributed by atoms with Gasteiger partial charge in [-0.05, 0) is 59.0 Å². The Hall–Kier alpha value is -1.47. The number of carbonyl (C=O) groups excluding carboxylic acids is 1. The van der Waals surface area contributed by atoms with Crippen molar-refractivity contribution in [2.24, 2.45) is 0 Å². The lowest BCUT2D eigenvalue weighted by atomic mass is 10.1. The van der Waals surface area contributed by atoms with Crippen molar-refractivity contribution in [3.05, 3.63) is 50.6 Å². The molecule has 6 heteroatoms. The molecule has 4 nitrogen and oxygen atoms in total. The molecule has 0 saturated heterocycles. The smallest absolute Gasteiger partial charge is 0.255 e. The third kappa shape index (κ3) is 3.34. The normalized spacial score (nSPS) is 10.2. The van der Waals surface area contributed by atoms with Gasteiger partial charge in [0, 0.05) is 14.2 Å². The molecule has 0 aliphatic carbocycles. The number of hydrogen-bond donors (Lipinski definition) is 2. The molecule has 2 rings (SSSR count). The van der Waals surface area contributed by atoms with E-state index in [0.717, 1.165) is 3.57 Å². The first-order chi connectivity index (χ1) is 9.51. The zero-order valence-corrected chi connectivity index (χ0v) is 13.5. The van der Waals surface area contributed by atoms with Gasteiger partial charge in [-0.1, -0.05) is 11.6 Å². The van der Waals surface area contributed by atoms with Crippen molar-refractivity contribution < 1.29 is 9.53 Å². The van der Waals surface area contributed by atoms with E-state index in [2.05, 4.69) is 27.9 Å². The Balaban J connectivity index is 2.24. The summed E-state index contributed by atoms with van der Waals surface area (Å²) < 4.78 is 5.97. The summed E-state index contributed by atoms with van der Waals surface area (Å²) in [6.07, 6.45) is 0. The van der Waals surface area contributed by atoms with Crippen LogP contribution in [0.2, 0.25) is 5.02 Å². The molecule has 0 spiro atoms. The van der Waals surface area contributed by atoms with E-state index in [-0.39, 0.29) is 5.91 Å². The van der Waals surface area contributed by atoms with Crippen molar-refractivity contribution in [1.29, 1.82) is 0 Å². The lowest BCUT2D eigenvalue weighted by molar-refractivity contribution is 0.102. The topological polar surface area (TPSA) is 64.3 Å². The molecule has 20 heavy (non-hydrogen) atoms. The van der Waals surface area contributed by atoms with Crippen molar-refractivity contribution in [2.45, 2.75) is 0 Å². The van der Waals surface area contributed by atoms with Crippen LogP contribution in [0.1, 0.15) is 10.4 Å². The van der Waals surface area contributed by atoms with Crippen LogP contribution in [0.25, 0.3) is 0 Å². The molecule has 2 aromatic rings. The summed E-state index contributed by atoms with van der Waals surface area (Å²) in [5, 5.41) is 3.45. The standard InChI is InChI=1S/C14H12ClIN2O2/c1-20-13-6-8(2-4-11(13)17)14(19)18-12-5-3-9(15)7-10(12)16/h2-7H,17H2,1H3,(H,18,19). The zero-order chi connectivity index (χ0) is 14.7. The maximum atomic E-state index is 12.2. The van der Waals surface area contributed by atoms with Gasteiger partial charge >= 0.3 is 0 Å². The van der Waals surface area contributed by atoms with Crippen LogP contribution in [0.15, 0.2) is 36.4 Å². The van der Waals surface area contributed by atoms with Crippen molar-refractivity contribution in [1.82, 2.24) is 0 Å². The van der Waals surface area contributed by atoms with E-state index in [1.165, 1.54) is 7.11 Å². The summed E-state index contributed by atoms with van der Waals surface area (Å²) in [4.78, 5) is 12.2. The molecule has 2 aromatic carbocycles. The van der Waals surface area contributed by atoms with E-state index >= 15 is 0 Å². The number of rotatable bonds is 3. The number of nitrogens with two attached hydrogens (primary N) is 1. The van der Waals surface area contributed by atoms with Gasteiger partial charge in [-0.2, -0.15) is 0 Å².